The molecule has 0 unspecified atom stereocenters. The Morgan fingerprint density at radius 1 is 1.14 bits per heavy atom. The van der Waals surface area contributed by atoms with Gasteiger partial charge in [-0.1, -0.05) is 35.3 Å². The van der Waals surface area contributed by atoms with Gasteiger partial charge in [0.05, 0.1) is 11.6 Å². The molecule has 2 rings (SSSR count). The molecule has 0 heterocycles. The molecule has 0 spiro atoms. The fraction of sp³-hybridized carbons (Fsp3) is 0.188. The van der Waals surface area contributed by atoms with E-state index < -0.39 is 5.82 Å². The summed E-state index contributed by atoms with van der Waals surface area (Å²) in [6.07, 6.45) is 0.774. The third-order valence-corrected chi connectivity index (χ3v) is 3.49. The maximum Gasteiger partial charge on any atom is 0.238 e. The van der Waals surface area contributed by atoms with Crippen molar-refractivity contribution in [1.82, 2.24) is 5.32 Å². The fourth-order valence-electron chi connectivity index (χ4n) is 1.91. The Morgan fingerprint density at radius 3 is 2.68 bits per heavy atom. The molecular formula is C16H15Cl2FN2O. The van der Waals surface area contributed by atoms with Crippen molar-refractivity contribution >= 4 is 34.8 Å². The fourth-order valence-corrected chi connectivity index (χ4v) is 2.30. The second-order valence-electron chi connectivity index (χ2n) is 4.73. The molecule has 2 aromatic carbocycles. The molecular weight excluding hydrogens is 326 g/mol. The van der Waals surface area contributed by atoms with E-state index in [0.29, 0.717) is 17.3 Å². The minimum absolute atomic E-state index is 0.0216. The Hall–Kier alpha value is -1.62. The highest BCUT2D eigenvalue weighted by molar-refractivity contribution is 6.31. The highest BCUT2D eigenvalue weighted by Gasteiger charge is 2.05. The van der Waals surface area contributed by atoms with Crippen molar-refractivity contribution in [3.05, 3.63) is 63.9 Å². The van der Waals surface area contributed by atoms with Crippen LogP contribution in [0.3, 0.4) is 0 Å². The molecule has 0 radical (unpaired) electrons. The van der Waals surface area contributed by atoms with Crippen molar-refractivity contribution in [2.45, 2.75) is 6.42 Å². The first-order valence-electron chi connectivity index (χ1n) is 6.74. The molecule has 6 heteroatoms. The number of benzene rings is 2. The van der Waals surface area contributed by atoms with E-state index in [1.54, 1.807) is 0 Å². The SMILES string of the molecule is O=C(CNCCc1cccc(Cl)c1)Nc1ccc(F)c(Cl)c1. The van der Waals surface area contributed by atoms with Crippen molar-refractivity contribution in [3.8, 4) is 0 Å². The second kappa shape index (κ2) is 8.13. The highest BCUT2D eigenvalue weighted by Crippen LogP contribution is 2.19. The summed E-state index contributed by atoms with van der Waals surface area (Å²) in [5.74, 6) is -0.729. The Morgan fingerprint density at radius 2 is 1.95 bits per heavy atom. The van der Waals surface area contributed by atoms with Gasteiger partial charge in [0.25, 0.3) is 0 Å². The summed E-state index contributed by atoms with van der Waals surface area (Å²) in [5, 5.41) is 6.36. The van der Waals surface area contributed by atoms with Crippen LogP contribution in [0.1, 0.15) is 5.56 Å². The van der Waals surface area contributed by atoms with Crippen LogP contribution < -0.4 is 10.6 Å². The van der Waals surface area contributed by atoms with Crippen LogP contribution in [-0.4, -0.2) is 19.0 Å². The lowest BCUT2D eigenvalue weighted by Gasteiger charge is -2.07. The van der Waals surface area contributed by atoms with Gasteiger partial charge < -0.3 is 10.6 Å². The topological polar surface area (TPSA) is 41.1 Å². The van der Waals surface area contributed by atoms with Gasteiger partial charge in [0.1, 0.15) is 5.82 Å². The lowest BCUT2D eigenvalue weighted by Crippen LogP contribution is -2.29. The van der Waals surface area contributed by atoms with Crippen LogP contribution in [0.5, 0.6) is 0 Å². The minimum atomic E-state index is -0.515. The van der Waals surface area contributed by atoms with E-state index >= 15 is 0 Å². The summed E-state index contributed by atoms with van der Waals surface area (Å²) < 4.78 is 13.0. The molecule has 116 valence electrons. The molecule has 0 saturated carbocycles. The van der Waals surface area contributed by atoms with Crippen LogP contribution in [0.4, 0.5) is 10.1 Å². The number of amides is 1. The van der Waals surface area contributed by atoms with Gasteiger partial charge in [0.15, 0.2) is 0 Å². The van der Waals surface area contributed by atoms with Crippen LogP contribution in [0.25, 0.3) is 0 Å². The van der Waals surface area contributed by atoms with Gasteiger partial charge in [-0.2, -0.15) is 0 Å². The summed E-state index contributed by atoms with van der Waals surface area (Å²) in [4.78, 5) is 11.7. The molecule has 3 nitrogen and oxygen atoms in total. The summed E-state index contributed by atoms with van der Waals surface area (Å²) in [7, 11) is 0. The first-order chi connectivity index (χ1) is 10.5. The number of halogens is 3. The standard InChI is InChI=1S/C16H15Cl2FN2O/c17-12-3-1-2-11(8-12)6-7-20-10-16(22)21-13-4-5-15(19)14(18)9-13/h1-5,8-9,20H,6-7,10H2,(H,21,22). The van der Waals surface area contributed by atoms with Gasteiger partial charge in [-0.25, -0.2) is 4.39 Å². The van der Waals surface area contributed by atoms with Crippen LogP contribution >= 0.6 is 23.2 Å². The minimum Gasteiger partial charge on any atom is -0.325 e. The molecule has 0 aliphatic rings. The summed E-state index contributed by atoms with van der Waals surface area (Å²) >= 11 is 11.6. The van der Waals surface area contributed by atoms with Gasteiger partial charge in [0.2, 0.25) is 5.91 Å². The summed E-state index contributed by atoms with van der Waals surface area (Å²) in [6.45, 7) is 0.813. The number of rotatable bonds is 6. The zero-order valence-corrected chi connectivity index (χ0v) is 13.2. The van der Waals surface area contributed by atoms with E-state index in [9.17, 15) is 9.18 Å². The van der Waals surface area contributed by atoms with E-state index in [4.69, 9.17) is 23.2 Å². The van der Waals surface area contributed by atoms with E-state index in [1.165, 1.54) is 18.2 Å². The number of nitrogens with one attached hydrogen (secondary N) is 2. The van der Waals surface area contributed by atoms with Crippen LogP contribution in [0.2, 0.25) is 10.0 Å². The first kappa shape index (κ1) is 16.7. The maximum absolute atomic E-state index is 13.0. The van der Waals surface area contributed by atoms with Gasteiger partial charge in [-0.05, 0) is 48.9 Å². The molecule has 0 aromatic heterocycles. The molecule has 2 N–H and O–H groups in total. The second-order valence-corrected chi connectivity index (χ2v) is 5.58. The number of carbonyl (C=O) groups excluding carboxylic acids is 1. The third-order valence-electron chi connectivity index (χ3n) is 2.97. The van der Waals surface area contributed by atoms with Gasteiger partial charge in [0, 0.05) is 10.7 Å². The number of carbonyl (C=O) groups is 1. The Balaban J connectivity index is 1.72. The number of anilines is 1. The predicted octanol–water partition coefficient (Wildman–Crippen LogP) is 3.90. The molecule has 0 saturated heterocycles. The normalized spacial score (nSPS) is 10.5. The first-order valence-corrected chi connectivity index (χ1v) is 7.50. The number of hydrogen-bond acceptors (Lipinski definition) is 2. The summed E-state index contributed by atoms with van der Waals surface area (Å²) in [6, 6.07) is 11.6. The van der Waals surface area contributed by atoms with E-state index in [2.05, 4.69) is 10.6 Å². The molecule has 0 bridgehead atoms. The Bertz CT molecular complexity index is 664. The quantitative estimate of drug-likeness (QED) is 0.783. The lowest BCUT2D eigenvalue weighted by molar-refractivity contribution is -0.115. The third kappa shape index (κ3) is 5.30. The molecule has 22 heavy (non-hydrogen) atoms. The van der Waals surface area contributed by atoms with E-state index in [-0.39, 0.29) is 17.5 Å². The van der Waals surface area contributed by atoms with E-state index in [1.807, 2.05) is 24.3 Å². The van der Waals surface area contributed by atoms with Crippen molar-refractivity contribution in [2.24, 2.45) is 0 Å². The molecule has 2 aromatic rings. The largest absolute Gasteiger partial charge is 0.325 e. The molecule has 0 fully saturated rings. The van der Waals surface area contributed by atoms with Crippen molar-refractivity contribution in [2.75, 3.05) is 18.4 Å². The summed E-state index contributed by atoms with van der Waals surface area (Å²) in [5.41, 5.74) is 1.57. The van der Waals surface area contributed by atoms with Crippen molar-refractivity contribution in [3.63, 3.8) is 0 Å². The molecule has 1 amide bonds. The molecule has 0 aliphatic carbocycles. The van der Waals surface area contributed by atoms with Crippen LogP contribution in [0.15, 0.2) is 42.5 Å². The Kier molecular flexibility index (Phi) is 6.19. The van der Waals surface area contributed by atoms with E-state index in [0.717, 1.165) is 12.0 Å². The smallest absolute Gasteiger partial charge is 0.238 e. The molecule has 0 aliphatic heterocycles. The van der Waals surface area contributed by atoms with Gasteiger partial charge in [-0.3, -0.25) is 4.79 Å². The van der Waals surface area contributed by atoms with Gasteiger partial charge in [-0.15, -0.1) is 0 Å². The average Bonchev–Trinajstić information content (AvgIpc) is 2.48. The monoisotopic (exact) mass is 340 g/mol. The Labute approximate surface area is 138 Å². The zero-order valence-electron chi connectivity index (χ0n) is 11.7. The highest BCUT2D eigenvalue weighted by atomic mass is 35.5. The van der Waals surface area contributed by atoms with Gasteiger partial charge >= 0.3 is 0 Å². The lowest BCUT2D eigenvalue weighted by atomic mass is 10.1. The van der Waals surface area contributed by atoms with Crippen molar-refractivity contribution in [1.29, 1.82) is 0 Å². The van der Waals surface area contributed by atoms with Crippen LogP contribution in [0, 0.1) is 5.82 Å². The maximum atomic E-state index is 13.0. The average molecular weight is 341 g/mol. The zero-order chi connectivity index (χ0) is 15.9. The molecule has 0 atom stereocenters. The van der Waals surface area contributed by atoms with Crippen molar-refractivity contribution < 1.29 is 9.18 Å². The van der Waals surface area contributed by atoms with Crippen LogP contribution in [-0.2, 0) is 11.2 Å². The predicted molar refractivity (Wildman–Crippen MR) is 88.1 cm³/mol. The number of hydrogen-bond donors (Lipinski definition) is 2.